The number of ether oxygens (including phenoxy) is 1. The Kier molecular flexibility index (Phi) is 4.47. The van der Waals surface area contributed by atoms with Crippen LogP contribution in [0.2, 0.25) is 0 Å². The van der Waals surface area contributed by atoms with Crippen LogP contribution in [0.1, 0.15) is 38.3 Å². The van der Waals surface area contributed by atoms with Crippen molar-refractivity contribution in [1.82, 2.24) is 5.32 Å². The van der Waals surface area contributed by atoms with Gasteiger partial charge in [-0.2, -0.15) is 0 Å². The highest BCUT2D eigenvalue weighted by molar-refractivity contribution is 5.25. The molecule has 1 N–H and O–H groups in total. The molecular weight excluding hydrogens is 255 g/mol. The minimum absolute atomic E-state index is 0.111. The molecule has 0 bridgehead atoms. The summed E-state index contributed by atoms with van der Waals surface area (Å²) in [6.45, 7) is 4.42. The van der Waals surface area contributed by atoms with E-state index in [-0.39, 0.29) is 17.8 Å². The van der Waals surface area contributed by atoms with Crippen LogP contribution in [0, 0.1) is 17.5 Å². The van der Waals surface area contributed by atoms with E-state index in [1.54, 1.807) is 0 Å². The summed E-state index contributed by atoms with van der Waals surface area (Å²) in [6.07, 6.45) is 1.56. The van der Waals surface area contributed by atoms with Gasteiger partial charge in [0.2, 0.25) is 0 Å². The molecule has 0 radical (unpaired) electrons. The Hall–Kier alpha value is -1.07. The molecule has 0 spiro atoms. The Morgan fingerprint density at radius 2 is 2.00 bits per heavy atom. The average Bonchev–Trinajstić information content (AvgIpc) is 2.81. The first-order chi connectivity index (χ1) is 9.04. The number of rotatable bonds is 4. The highest BCUT2D eigenvalue weighted by Crippen LogP contribution is 2.32. The van der Waals surface area contributed by atoms with Gasteiger partial charge in [0.1, 0.15) is 0 Å². The maximum Gasteiger partial charge on any atom is 0.194 e. The molecule has 2 nitrogen and oxygen atoms in total. The van der Waals surface area contributed by atoms with Gasteiger partial charge in [-0.1, -0.05) is 13.0 Å². The first kappa shape index (κ1) is 14.3. The lowest BCUT2D eigenvalue weighted by Gasteiger charge is -2.25. The Morgan fingerprint density at radius 3 is 2.58 bits per heavy atom. The molecule has 106 valence electrons. The van der Waals surface area contributed by atoms with Crippen LogP contribution >= 0.6 is 0 Å². The van der Waals surface area contributed by atoms with E-state index >= 15 is 0 Å². The average molecular weight is 273 g/mol. The molecule has 19 heavy (non-hydrogen) atoms. The fraction of sp³-hybridized carbons (Fsp3) is 0.571. The second kappa shape index (κ2) is 5.92. The zero-order chi connectivity index (χ0) is 14.0. The van der Waals surface area contributed by atoms with E-state index in [1.165, 1.54) is 6.07 Å². The number of benzene rings is 1. The lowest BCUT2D eigenvalue weighted by atomic mass is 9.98. The summed E-state index contributed by atoms with van der Waals surface area (Å²) in [5.41, 5.74) is 0.125. The van der Waals surface area contributed by atoms with Crippen molar-refractivity contribution in [3.05, 3.63) is 35.1 Å². The van der Waals surface area contributed by atoms with Crippen LogP contribution in [0.4, 0.5) is 13.2 Å². The van der Waals surface area contributed by atoms with E-state index in [9.17, 15) is 13.2 Å². The van der Waals surface area contributed by atoms with Crippen LogP contribution in [-0.4, -0.2) is 18.8 Å². The normalized spacial score (nSPS) is 24.7. The molecule has 3 atom stereocenters. The van der Waals surface area contributed by atoms with Crippen LogP contribution in [0.15, 0.2) is 12.1 Å². The number of hydrogen-bond acceptors (Lipinski definition) is 2. The van der Waals surface area contributed by atoms with Gasteiger partial charge in [-0.05, 0) is 32.4 Å². The summed E-state index contributed by atoms with van der Waals surface area (Å²) in [7, 11) is 0. The number of nitrogens with one attached hydrogen (secondary N) is 1. The van der Waals surface area contributed by atoms with Gasteiger partial charge in [-0.25, -0.2) is 13.2 Å². The maximum absolute atomic E-state index is 13.9. The van der Waals surface area contributed by atoms with Crippen molar-refractivity contribution < 1.29 is 17.9 Å². The van der Waals surface area contributed by atoms with Gasteiger partial charge in [0, 0.05) is 5.56 Å². The minimum Gasteiger partial charge on any atom is -0.373 e. The van der Waals surface area contributed by atoms with E-state index in [2.05, 4.69) is 5.32 Å². The zero-order valence-corrected chi connectivity index (χ0v) is 11.1. The van der Waals surface area contributed by atoms with E-state index in [0.29, 0.717) is 6.54 Å². The van der Waals surface area contributed by atoms with Crippen molar-refractivity contribution in [3.8, 4) is 0 Å². The van der Waals surface area contributed by atoms with Gasteiger partial charge >= 0.3 is 0 Å². The quantitative estimate of drug-likeness (QED) is 0.850. The molecule has 1 aromatic rings. The molecule has 0 aromatic heterocycles. The highest BCUT2D eigenvalue weighted by Gasteiger charge is 2.32. The molecule has 2 rings (SSSR count). The molecule has 5 heteroatoms. The van der Waals surface area contributed by atoms with Gasteiger partial charge in [-0.3, -0.25) is 0 Å². The molecule has 0 amide bonds. The highest BCUT2D eigenvalue weighted by atomic mass is 19.2. The SMILES string of the molecule is CCNC(c1ccc(F)c(F)c1F)C1CCC(C)O1. The lowest BCUT2D eigenvalue weighted by Crippen LogP contribution is -2.33. The smallest absolute Gasteiger partial charge is 0.194 e. The molecule has 0 aliphatic carbocycles. The number of likely N-dealkylation sites (N-methyl/N-ethyl adjacent to an activating group) is 1. The van der Waals surface area contributed by atoms with Gasteiger partial charge in [0.25, 0.3) is 0 Å². The molecular formula is C14H18F3NO. The first-order valence-corrected chi connectivity index (χ1v) is 6.56. The summed E-state index contributed by atoms with van der Waals surface area (Å²) >= 11 is 0. The summed E-state index contributed by atoms with van der Waals surface area (Å²) in [6, 6.07) is 1.79. The topological polar surface area (TPSA) is 21.3 Å². The zero-order valence-electron chi connectivity index (χ0n) is 11.1. The summed E-state index contributed by atoms with van der Waals surface area (Å²) in [5.74, 6) is -3.72. The van der Waals surface area contributed by atoms with Crippen LogP contribution in [0.3, 0.4) is 0 Å². The third kappa shape index (κ3) is 2.92. The van der Waals surface area contributed by atoms with Crippen molar-refractivity contribution in [2.45, 2.75) is 44.9 Å². The van der Waals surface area contributed by atoms with E-state index in [4.69, 9.17) is 4.74 Å². The van der Waals surface area contributed by atoms with Gasteiger partial charge < -0.3 is 10.1 Å². The Balaban J connectivity index is 2.31. The van der Waals surface area contributed by atoms with E-state index < -0.39 is 23.5 Å². The standard InChI is InChI=1S/C14H18F3NO/c1-3-18-14(11-7-4-8(2)19-11)9-5-6-10(15)13(17)12(9)16/h5-6,8,11,14,18H,3-4,7H2,1-2H3. The van der Waals surface area contributed by atoms with E-state index in [1.807, 2.05) is 13.8 Å². The molecule has 0 saturated carbocycles. The Bertz CT molecular complexity index is 453. The van der Waals surface area contributed by atoms with Crippen molar-refractivity contribution >= 4 is 0 Å². The van der Waals surface area contributed by atoms with Crippen molar-refractivity contribution in [2.24, 2.45) is 0 Å². The molecule has 1 aliphatic rings. The number of halogens is 3. The van der Waals surface area contributed by atoms with Crippen molar-refractivity contribution in [3.63, 3.8) is 0 Å². The predicted molar refractivity (Wildman–Crippen MR) is 66.3 cm³/mol. The minimum atomic E-state index is -1.42. The van der Waals surface area contributed by atoms with E-state index in [0.717, 1.165) is 18.9 Å². The third-order valence-corrected chi connectivity index (χ3v) is 3.46. The summed E-state index contributed by atoms with van der Waals surface area (Å²) < 4.78 is 45.9. The van der Waals surface area contributed by atoms with Crippen LogP contribution in [0.5, 0.6) is 0 Å². The predicted octanol–water partition coefficient (Wildman–Crippen LogP) is 3.32. The molecule has 1 aliphatic heterocycles. The van der Waals surface area contributed by atoms with Gasteiger partial charge in [0.05, 0.1) is 18.2 Å². The van der Waals surface area contributed by atoms with Crippen molar-refractivity contribution in [2.75, 3.05) is 6.54 Å². The third-order valence-electron chi connectivity index (χ3n) is 3.46. The second-order valence-corrected chi connectivity index (χ2v) is 4.86. The maximum atomic E-state index is 13.9. The van der Waals surface area contributed by atoms with Crippen molar-refractivity contribution in [1.29, 1.82) is 0 Å². The molecule has 1 heterocycles. The summed E-state index contributed by atoms with van der Waals surface area (Å²) in [5, 5.41) is 3.09. The number of hydrogen-bond donors (Lipinski definition) is 1. The molecule has 1 aromatic carbocycles. The van der Waals surface area contributed by atoms with Gasteiger partial charge in [-0.15, -0.1) is 0 Å². The molecule has 3 unspecified atom stereocenters. The van der Waals surface area contributed by atoms with Crippen LogP contribution in [0.25, 0.3) is 0 Å². The fourth-order valence-corrected chi connectivity index (χ4v) is 2.52. The van der Waals surface area contributed by atoms with Crippen LogP contribution < -0.4 is 5.32 Å². The Labute approximate surface area is 111 Å². The fourth-order valence-electron chi connectivity index (χ4n) is 2.52. The van der Waals surface area contributed by atoms with Gasteiger partial charge in [0.15, 0.2) is 17.5 Å². The molecule has 1 fully saturated rings. The second-order valence-electron chi connectivity index (χ2n) is 4.86. The largest absolute Gasteiger partial charge is 0.373 e. The molecule has 1 saturated heterocycles. The lowest BCUT2D eigenvalue weighted by molar-refractivity contribution is 0.0310. The monoisotopic (exact) mass is 273 g/mol. The first-order valence-electron chi connectivity index (χ1n) is 6.56. The summed E-state index contributed by atoms with van der Waals surface area (Å²) in [4.78, 5) is 0. The van der Waals surface area contributed by atoms with Crippen LogP contribution in [-0.2, 0) is 4.74 Å². The Morgan fingerprint density at radius 1 is 1.26 bits per heavy atom.